The summed E-state index contributed by atoms with van der Waals surface area (Å²) < 4.78 is 47.3. The van der Waals surface area contributed by atoms with Crippen molar-refractivity contribution in [3.05, 3.63) is 119 Å². The van der Waals surface area contributed by atoms with Crippen molar-refractivity contribution in [3.8, 4) is 22.6 Å². The lowest BCUT2D eigenvalue weighted by atomic mass is 10.0. The zero-order valence-electron chi connectivity index (χ0n) is 25.9. The Morgan fingerprint density at radius 1 is 0.809 bits per heavy atom. The number of halogens is 3. The molecule has 3 N–H and O–H groups in total. The number of ether oxygens (including phenoxy) is 2. The number of hydrogen-bond donors (Lipinski definition) is 2. The number of methoxy groups -OCH3 is 1. The summed E-state index contributed by atoms with van der Waals surface area (Å²) in [6, 6.07) is 28.0. The van der Waals surface area contributed by atoms with Gasteiger partial charge in [-0.3, -0.25) is 9.59 Å². The van der Waals surface area contributed by atoms with Crippen molar-refractivity contribution in [1.82, 2.24) is 10.2 Å². The Balaban J connectivity index is 1.51. The molecule has 0 aliphatic carbocycles. The third-order valence-electron chi connectivity index (χ3n) is 7.33. The molecule has 11 heteroatoms. The number of alkyl halides is 3. The molecule has 0 heterocycles. The van der Waals surface area contributed by atoms with E-state index in [0.29, 0.717) is 50.3 Å². The molecule has 0 saturated heterocycles. The van der Waals surface area contributed by atoms with E-state index < -0.39 is 12.1 Å². The standard InChI is InChI=1S/C36H36F3N3O5/c1-46-31-13-11-26(12-14-31)22-33(43)42(20-17-25-9-15-32(16-10-25)47-35(45)36(37,38)39)24-27-5-2-6-28(21-27)29-7-3-8-30(23-29)34(44)41-19-4-18-40/h2-3,5-16,21,23H,4,17-20,22,24,40H2,1H3,(H,41,44). The largest absolute Gasteiger partial charge is 0.497 e. The topological polar surface area (TPSA) is 111 Å². The highest BCUT2D eigenvalue weighted by Gasteiger charge is 2.41. The first-order chi connectivity index (χ1) is 22.5. The zero-order valence-corrected chi connectivity index (χ0v) is 25.9. The predicted octanol–water partition coefficient (Wildman–Crippen LogP) is 5.72. The summed E-state index contributed by atoms with van der Waals surface area (Å²) in [5.41, 5.74) is 10.2. The van der Waals surface area contributed by atoms with Gasteiger partial charge in [0.05, 0.1) is 13.5 Å². The van der Waals surface area contributed by atoms with Crippen LogP contribution in [0.2, 0.25) is 0 Å². The monoisotopic (exact) mass is 647 g/mol. The fourth-order valence-electron chi connectivity index (χ4n) is 4.79. The number of nitrogens with two attached hydrogens (primary N) is 1. The first-order valence-electron chi connectivity index (χ1n) is 15.0. The molecule has 0 radical (unpaired) electrons. The van der Waals surface area contributed by atoms with E-state index in [-0.39, 0.29) is 24.0 Å². The fourth-order valence-corrected chi connectivity index (χ4v) is 4.79. The Morgan fingerprint density at radius 2 is 1.45 bits per heavy atom. The molecular formula is C36H36F3N3O5. The maximum atomic E-state index is 13.6. The van der Waals surface area contributed by atoms with Crippen molar-refractivity contribution >= 4 is 17.8 Å². The van der Waals surface area contributed by atoms with Crippen LogP contribution < -0.4 is 20.5 Å². The normalized spacial score (nSPS) is 11.1. The number of benzene rings is 4. The van der Waals surface area contributed by atoms with Crippen LogP contribution >= 0.6 is 0 Å². The summed E-state index contributed by atoms with van der Waals surface area (Å²) >= 11 is 0. The Hall–Kier alpha value is -5.16. The summed E-state index contributed by atoms with van der Waals surface area (Å²) in [5, 5.41) is 2.86. The Bertz CT molecular complexity index is 1660. The lowest BCUT2D eigenvalue weighted by Crippen LogP contribution is -2.33. The van der Waals surface area contributed by atoms with Crippen LogP contribution in [0.15, 0.2) is 97.1 Å². The fraction of sp³-hybridized carbons (Fsp3) is 0.250. The van der Waals surface area contributed by atoms with Gasteiger partial charge in [0.15, 0.2) is 0 Å². The lowest BCUT2D eigenvalue weighted by molar-refractivity contribution is -0.189. The maximum absolute atomic E-state index is 13.6. The number of carbonyl (C=O) groups excluding carboxylic acids is 3. The Morgan fingerprint density at radius 3 is 2.11 bits per heavy atom. The number of hydrogen-bond acceptors (Lipinski definition) is 6. The maximum Gasteiger partial charge on any atom is 0.491 e. The van der Waals surface area contributed by atoms with Gasteiger partial charge in [0.25, 0.3) is 5.91 Å². The first-order valence-corrected chi connectivity index (χ1v) is 15.0. The minimum Gasteiger partial charge on any atom is -0.497 e. The molecule has 8 nitrogen and oxygen atoms in total. The van der Waals surface area contributed by atoms with Gasteiger partial charge in [0.2, 0.25) is 5.91 Å². The third-order valence-corrected chi connectivity index (χ3v) is 7.33. The van der Waals surface area contributed by atoms with Crippen LogP contribution in [0.5, 0.6) is 11.5 Å². The van der Waals surface area contributed by atoms with Gasteiger partial charge in [0, 0.05) is 25.2 Å². The van der Waals surface area contributed by atoms with E-state index in [0.717, 1.165) is 27.8 Å². The predicted molar refractivity (Wildman–Crippen MR) is 172 cm³/mol. The molecular weight excluding hydrogens is 611 g/mol. The Kier molecular flexibility index (Phi) is 12.1. The van der Waals surface area contributed by atoms with Crippen molar-refractivity contribution in [1.29, 1.82) is 0 Å². The number of carbonyl (C=O) groups is 3. The highest BCUT2D eigenvalue weighted by atomic mass is 19.4. The van der Waals surface area contributed by atoms with E-state index >= 15 is 0 Å². The summed E-state index contributed by atoms with van der Waals surface area (Å²) in [7, 11) is 1.57. The van der Waals surface area contributed by atoms with E-state index in [1.165, 1.54) is 12.1 Å². The van der Waals surface area contributed by atoms with Crippen LogP contribution in [0.4, 0.5) is 13.2 Å². The van der Waals surface area contributed by atoms with Crippen molar-refractivity contribution in [3.63, 3.8) is 0 Å². The van der Waals surface area contributed by atoms with Crippen LogP contribution in [0.25, 0.3) is 11.1 Å². The van der Waals surface area contributed by atoms with Crippen LogP contribution in [-0.2, 0) is 29.0 Å². The number of amides is 2. The molecule has 0 fully saturated rings. The molecule has 0 atom stereocenters. The molecule has 0 aliphatic rings. The molecule has 0 bridgehead atoms. The SMILES string of the molecule is COc1ccc(CC(=O)N(CCc2ccc(OC(=O)C(F)(F)F)cc2)Cc2cccc(-c3cccc(C(=O)NCCCN)c3)c2)cc1. The van der Waals surface area contributed by atoms with Crippen molar-refractivity contribution in [2.45, 2.75) is 32.0 Å². The average Bonchev–Trinajstić information content (AvgIpc) is 3.07. The summed E-state index contributed by atoms with van der Waals surface area (Å²) in [6.07, 6.45) is -3.85. The van der Waals surface area contributed by atoms with Gasteiger partial charge in [0.1, 0.15) is 11.5 Å². The van der Waals surface area contributed by atoms with Crippen molar-refractivity contribution in [2.24, 2.45) is 5.73 Å². The van der Waals surface area contributed by atoms with Crippen molar-refractivity contribution in [2.75, 3.05) is 26.7 Å². The smallest absolute Gasteiger partial charge is 0.491 e. The molecule has 0 spiro atoms. The molecule has 0 saturated carbocycles. The zero-order chi connectivity index (χ0) is 33.8. The van der Waals surface area contributed by atoms with Gasteiger partial charge in [-0.25, -0.2) is 4.79 Å². The molecule has 47 heavy (non-hydrogen) atoms. The molecule has 0 aromatic heterocycles. The van der Waals surface area contributed by atoms with Crippen LogP contribution in [0, 0.1) is 0 Å². The summed E-state index contributed by atoms with van der Waals surface area (Å²) in [6.45, 7) is 1.59. The second-order valence-corrected chi connectivity index (χ2v) is 10.8. The van der Waals surface area contributed by atoms with Crippen LogP contribution in [-0.4, -0.2) is 55.6 Å². The first kappa shape index (κ1) is 34.7. The highest BCUT2D eigenvalue weighted by molar-refractivity contribution is 5.95. The molecule has 246 valence electrons. The second-order valence-electron chi connectivity index (χ2n) is 10.8. The van der Waals surface area contributed by atoms with E-state index in [9.17, 15) is 27.6 Å². The van der Waals surface area contributed by atoms with Crippen LogP contribution in [0.3, 0.4) is 0 Å². The Labute approximate surface area is 271 Å². The third kappa shape index (κ3) is 10.4. The van der Waals surface area contributed by atoms with Gasteiger partial charge in [-0.05, 0) is 89.7 Å². The number of nitrogens with one attached hydrogen (secondary N) is 1. The molecule has 4 aromatic carbocycles. The van der Waals surface area contributed by atoms with E-state index in [4.69, 9.17) is 10.5 Å². The average molecular weight is 648 g/mol. The number of rotatable bonds is 14. The van der Waals surface area contributed by atoms with Crippen molar-refractivity contribution < 1.29 is 37.0 Å². The molecule has 0 aliphatic heterocycles. The van der Waals surface area contributed by atoms with E-state index in [1.807, 2.05) is 54.6 Å². The molecule has 0 unspecified atom stereocenters. The minimum atomic E-state index is -5.09. The molecule has 4 aromatic rings. The minimum absolute atomic E-state index is 0.118. The van der Waals surface area contributed by atoms with E-state index in [2.05, 4.69) is 10.1 Å². The highest BCUT2D eigenvalue weighted by Crippen LogP contribution is 2.24. The second kappa shape index (κ2) is 16.4. The summed E-state index contributed by atoms with van der Waals surface area (Å²) in [4.78, 5) is 39.1. The van der Waals surface area contributed by atoms with Gasteiger partial charge < -0.3 is 25.4 Å². The van der Waals surface area contributed by atoms with E-state index in [1.54, 1.807) is 42.3 Å². The quantitative estimate of drug-likeness (QED) is 0.103. The summed E-state index contributed by atoms with van der Waals surface area (Å²) in [5.74, 6) is -2.14. The number of nitrogens with zero attached hydrogens (tertiary/aromatic N) is 1. The number of esters is 1. The molecule has 4 rings (SSSR count). The van der Waals surface area contributed by atoms with Gasteiger partial charge in [-0.2, -0.15) is 13.2 Å². The van der Waals surface area contributed by atoms with Gasteiger partial charge in [-0.1, -0.05) is 54.6 Å². The van der Waals surface area contributed by atoms with Crippen LogP contribution in [0.1, 0.15) is 33.5 Å². The molecule has 2 amide bonds. The van der Waals surface area contributed by atoms with Gasteiger partial charge >= 0.3 is 12.1 Å². The van der Waals surface area contributed by atoms with Gasteiger partial charge in [-0.15, -0.1) is 0 Å². The lowest BCUT2D eigenvalue weighted by Gasteiger charge is -2.24.